The van der Waals surface area contributed by atoms with Crippen LogP contribution in [0, 0.1) is 41.5 Å². The second-order valence-corrected chi connectivity index (χ2v) is 26.5. The monoisotopic (exact) mass is 1300 g/mol. The van der Waals surface area contributed by atoms with E-state index >= 15 is 0 Å². The van der Waals surface area contributed by atoms with Crippen molar-refractivity contribution in [2.45, 2.75) is 182 Å². The number of aromatic carboxylic acids is 1. The molecule has 10 aromatic rings. The molecule has 95 heavy (non-hydrogen) atoms. The Balaban J connectivity index is 0.000000252. The van der Waals surface area contributed by atoms with Gasteiger partial charge in [0, 0.05) is 89.2 Å². The van der Waals surface area contributed by atoms with Gasteiger partial charge in [-0.1, -0.05) is 87.0 Å². The molecule has 4 N–H and O–H groups in total. The highest BCUT2D eigenvalue weighted by Crippen LogP contribution is 2.44. The number of aromatic nitrogens is 8. The lowest BCUT2D eigenvalue weighted by atomic mass is 9.84. The van der Waals surface area contributed by atoms with Crippen LogP contribution in [-0.4, -0.2) is 152 Å². The molecule has 0 saturated carbocycles. The van der Waals surface area contributed by atoms with Crippen molar-refractivity contribution in [1.82, 2.24) is 54.9 Å². The number of nitrogens with zero attached hydrogens (tertiary/aromatic N) is 9. The minimum absolute atomic E-state index is 0. The number of ether oxygens (including phenoxy) is 2. The molecule has 19 nitrogen and oxygen atoms in total. The molecule has 4 aromatic carbocycles. The fraction of sp³-hybridized carbons (Fsp3) is 0.467. The number of carbonyl (C=O) groups is 2. The Morgan fingerprint density at radius 3 is 1.32 bits per heavy atom. The van der Waals surface area contributed by atoms with Crippen LogP contribution in [0.4, 0.5) is 0 Å². The van der Waals surface area contributed by atoms with Crippen molar-refractivity contribution in [2.24, 2.45) is 0 Å². The molecule has 12 rings (SSSR count). The predicted molar refractivity (Wildman–Crippen MR) is 388 cm³/mol. The number of hydrogen-bond acceptors (Lipinski definition) is 15. The number of methoxy groups -OCH3 is 2. The van der Waals surface area contributed by atoms with Crippen molar-refractivity contribution in [3.63, 3.8) is 0 Å². The first kappa shape index (κ1) is 73.9. The van der Waals surface area contributed by atoms with E-state index in [1.165, 1.54) is 32.4 Å². The van der Waals surface area contributed by atoms with E-state index in [1.54, 1.807) is 26.4 Å². The number of carboxylic acids is 1. The molecule has 509 valence electrons. The van der Waals surface area contributed by atoms with Gasteiger partial charge in [-0.2, -0.15) is 0 Å². The summed E-state index contributed by atoms with van der Waals surface area (Å²) in [6.07, 6.45) is 4.28. The van der Waals surface area contributed by atoms with Crippen LogP contribution in [0.5, 0.6) is 11.5 Å². The number of aromatic amines is 2. The van der Waals surface area contributed by atoms with E-state index in [0.717, 1.165) is 138 Å². The molecular weight excluding hydrogens is 1190 g/mol. The number of H-pyrrole nitrogens is 2. The molecule has 8 heterocycles. The molecule has 0 unspecified atom stereocenters. The standard InChI is InChI=1S/C35H42N6O3.C28H28N4O4.C8H17N.C2H6.2CH4.BH2O/c1-19(2)40-10-12-41(13-11-40)34(42)24-14-23(15-25(16-24)35(6,7)8)32-31-26-18-29(43-9)27(30-20(3)39-44-21(30)4)17-28(26)38-33(31)37-22(5)36-32;1-13-23(14(2)36-32-13)20-11-21-19(12-22(20)35-7)24-25(29-15(3)30-26(24)31-21)16-8-17(27(33)34)10-18(9-16)28(4,5)6;1-8(2)9-6-4-3-5-7-9;1-2;;;1-2/h14-19H,10-13H2,1-9H3,(H,36,37,38);8-12H,1-7H3,(H,33,34)(H,29,30,31);8H,3-7H2,1-2H3;1-2H3;2*1H4;1-2H/i;;;;;;1T. The quantitative estimate of drug-likeness (QED) is 0.0931. The van der Waals surface area contributed by atoms with E-state index in [1.807, 2.05) is 90.6 Å². The molecular formula is C75H103BN11O8. The third kappa shape index (κ3) is 16.3. The summed E-state index contributed by atoms with van der Waals surface area (Å²) in [5.41, 5.74) is 13.9. The molecule has 2 fully saturated rings. The van der Waals surface area contributed by atoms with Gasteiger partial charge in [0.05, 0.1) is 64.5 Å². The highest BCUT2D eigenvalue weighted by atomic mass is 16.5. The largest absolute Gasteiger partial charge is 0.496 e. The first-order valence-corrected chi connectivity index (χ1v) is 32.3. The average Bonchev–Trinajstić information content (AvgIpc) is 1.56. The van der Waals surface area contributed by atoms with Gasteiger partial charge in [-0.3, -0.25) is 9.69 Å². The number of piperidine rings is 1. The van der Waals surface area contributed by atoms with Crippen molar-refractivity contribution >= 4 is 63.8 Å². The third-order valence-electron chi connectivity index (χ3n) is 17.5. The fourth-order valence-electron chi connectivity index (χ4n) is 12.5. The van der Waals surface area contributed by atoms with E-state index in [4.69, 9.17) is 39.8 Å². The Labute approximate surface area is 564 Å². The zero-order valence-electron chi connectivity index (χ0n) is 59.2. The van der Waals surface area contributed by atoms with Crippen LogP contribution in [0.2, 0.25) is 0 Å². The maximum Gasteiger partial charge on any atom is 0.335 e. The Morgan fingerprint density at radius 2 is 0.968 bits per heavy atom. The second-order valence-electron chi connectivity index (χ2n) is 26.5. The lowest BCUT2D eigenvalue weighted by Gasteiger charge is -2.37. The maximum absolute atomic E-state index is 14.0. The number of rotatable bonds is 10. The van der Waals surface area contributed by atoms with Crippen molar-refractivity contribution < 1.29 is 38.2 Å². The number of nitrogens with one attached hydrogen (secondary N) is 2. The van der Waals surface area contributed by atoms with Crippen LogP contribution in [0.25, 0.3) is 88.6 Å². The summed E-state index contributed by atoms with van der Waals surface area (Å²) >= 11 is 0. The summed E-state index contributed by atoms with van der Waals surface area (Å²) in [5, 5.41) is 28.7. The van der Waals surface area contributed by atoms with Gasteiger partial charge in [0.1, 0.15) is 46.0 Å². The third-order valence-corrected chi connectivity index (χ3v) is 17.5. The van der Waals surface area contributed by atoms with Crippen LogP contribution in [0.15, 0.2) is 69.7 Å². The Hall–Kier alpha value is -8.46. The molecule has 1 amide bonds. The molecule has 0 atom stereocenters. The van der Waals surface area contributed by atoms with Crippen molar-refractivity contribution in [2.75, 3.05) is 53.5 Å². The highest BCUT2D eigenvalue weighted by molar-refractivity contribution is 6.15. The minimum Gasteiger partial charge on any atom is -0.496 e. The number of amides is 1. The van der Waals surface area contributed by atoms with Crippen LogP contribution >= 0.6 is 0 Å². The molecule has 2 aliphatic rings. The number of carboxylic acid groups (broad SMARTS) is 1. The molecule has 6 aromatic heterocycles. The van der Waals surface area contributed by atoms with E-state index in [0.29, 0.717) is 51.9 Å². The van der Waals surface area contributed by atoms with E-state index < -0.39 is 5.97 Å². The lowest BCUT2D eigenvalue weighted by molar-refractivity contribution is 0.0595. The number of carbonyl (C=O) groups excluding carboxylic acids is 1. The molecule has 0 spiro atoms. The topological polar surface area (TPSA) is 238 Å². The van der Waals surface area contributed by atoms with Gasteiger partial charge >= 0.3 is 5.97 Å². The predicted octanol–water partition coefficient (Wildman–Crippen LogP) is 16.2. The zero-order valence-corrected chi connectivity index (χ0v) is 58.2. The summed E-state index contributed by atoms with van der Waals surface area (Å²) < 4.78 is 28.2. The smallest absolute Gasteiger partial charge is 0.335 e. The van der Waals surface area contributed by atoms with E-state index in [-0.39, 0.29) is 45.2 Å². The number of aryl methyl sites for hydroxylation is 6. The summed E-state index contributed by atoms with van der Waals surface area (Å²) in [6.45, 7) is 42.9. The number of benzene rings is 4. The summed E-state index contributed by atoms with van der Waals surface area (Å²) in [4.78, 5) is 59.1. The Bertz CT molecular complexity index is 4290. The van der Waals surface area contributed by atoms with Gasteiger partial charge < -0.3 is 48.4 Å². The average molecular weight is 1300 g/mol. The lowest BCUT2D eigenvalue weighted by Crippen LogP contribution is -2.50. The van der Waals surface area contributed by atoms with Crippen LogP contribution < -0.4 is 9.47 Å². The number of likely N-dealkylation sites (tertiary alicyclic amines) is 1. The van der Waals surface area contributed by atoms with Crippen LogP contribution in [0.3, 0.4) is 0 Å². The van der Waals surface area contributed by atoms with Gasteiger partial charge in [0.15, 0.2) is 0 Å². The Morgan fingerprint density at radius 1 is 0.579 bits per heavy atom. The van der Waals surface area contributed by atoms with Crippen molar-refractivity contribution in [1.29, 1.82) is 1.34 Å². The first-order valence-electron chi connectivity index (χ1n) is 32.9. The summed E-state index contributed by atoms with van der Waals surface area (Å²) in [5.74, 6) is 3.13. The number of hydrogen-bond donors (Lipinski definition) is 4. The maximum atomic E-state index is 14.0. The van der Waals surface area contributed by atoms with Gasteiger partial charge in [0.2, 0.25) is 0 Å². The molecule has 2 aliphatic heterocycles. The number of fused-ring (bicyclic) bond motifs is 6. The summed E-state index contributed by atoms with van der Waals surface area (Å²) in [7, 11) is 3.55. The molecule has 1 radical (unpaired) electrons. The van der Waals surface area contributed by atoms with Crippen LogP contribution in [0.1, 0.15) is 184 Å². The summed E-state index contributed by atoms with van der Waals surface area (Å²) in [6, 6.07) is 21.0. The molecule has 2 saturated heterocycles. The van der Waals surface area contributed by atoms with Gasteiger partial charge in [0.25, 0.3) is 13.9 Å². The van der Waals surface area contributed by atoms with Gasteiger partial charge in [-0.25, -0.2) is 24.7 Å². The highest BCUT2D eigenvalue weighted by Gasteiger charge is 2.29. The minimum atomic E-state index is -0.978. The first-order chi connectivity index (χ1) is 44.5. The van der Waals surface area contributed by atoms with E-state index in [2.05, 4.69) is 123 Å². The Kier molecular flexibility index (Phi) is 24.4. The van der Waals surface area contributed by atoms with Crippen molar-refractivity contribution in [3.05, 3.63) is 117 Å². The zero-order chi connectivity index (χ0) is 68.8. The normalized spacial score (nSPS) is 13.8. The molecule has 0 aliphatic carbocycles. The fourth-order valence-corrected chi connectivity index (χ4v) is 12.5. The van der Waals surface area contributed by atoms with Crippen molar-refractivity contribution in [3.8, 4) is 56.3 Å². The molecule has 20 heteroatoms. The van der Waals surface area contributed by atoms with Gasteiger partial charge in [-0.15, -0.1) is 0 Å². The molecule has 0 bridgehead atoms. The van der Waals surface area contributed by atoms with Gasteiger partial charge in [-0.05, 0) is 178 Å². The van der Waals surface area contributed by atoms with E-state index in [9.17, 15) is 14.7 Å². The second kappa shape index (κ2) is 31.4. The number of piperazine rings is 1. The van der Waals surface area contributed by atoms with Crippen LogP contribution in [-0.2, 0) is 10.8 Å². The SMILES string of the molecule is C.C.CC.CC(C)N1CCCCC1.COc1cc2c(cc1-c1c(C)noc1C)[nH]c1nc(C)nc(-c3cc(C(=O)N4CCN(C(C)C)CC4)cc(C(C)(C)C)c3)c12.COc1cc2c(cc1-c1c(C)noc1C)[nH]c1nc(C)nc(-c3cc(C(=O)O)cc(C(C)(C)C)c3)c12.[3H][B]O.